The van der Waals surface area contributed by atoms with E-state index in [4.69, 9.17) is 5.11 Å². The minimum atomic E-state index is -0.464. The van der Waals surface area contributed by atoms with Crippen LogP contribution in [0.25, 0.3) is 0 Å². The second-order valence-electron chi connectivity index (χ2n) is 5.47. The second-order valence-corrected chi connectivity index (χ2v) is 6.46. The maximum Gasteiger partial charge on any atom is 0.242 e. The van der Waals surface area contributed by atoms with Gasteiger partial charge in [-0.1, -0.05) is 11.8 Å². The van der Waals surface area contributed by atoms with Crippen LogP contribution in [-0.4, -0.2) is 53.1 Å². The minimum absolute atomic E-state index is 0.120. The van der Waals surface area contributed by atoms with E-state index in [0.717, 1.165) is 25.2 Å². The standard InChI is InChI=1S/C15H20N2O2S/c1-15(2)14(19)16(3)6-7-17(15)10-13-9-12(11-20-13)5-4-8-18/h9,11,18H,6-8,10H2,1-3H3. The number of thiophene rings is 1. The molecule has 0 saturated carbocycles. The molecule has 0 aromatic carbocycles. The fourth-order valence-electron chi connectivity index (χ4n) is 2.39. The number of piperazine rings is 1. The largest absolute Gasteiger partial charge is 0.384 e. The summed E-state index contributed by atoms with van der Waals surface area (Å²) in [5.74, 6) is 5.72. The fourth-order valence-corrected chi connectivity index (χ4v) is 3.22. The Balaban J connectivity index is 2.09. The van der Waals surface area contributed by atoms with Crippen molar-refractivity contribution in [3.05, 3.63) is 21.9 Å². The number of nitrogens with zero attached hydrogens (tertiary/aromatic N) is 2. The molecule has 0 unspecified atom stereocenters. The van der Waals surface area contributed by atoms with Crippen LogP contribution in [0.3, 0.4) is 0 Å². The molecule has 2 heterocycles. The first-order chi connectivity index (χ1) is 9.45. The van der Waals surface area contributed by atoms with E-state index in [0.29, 0.717) is 0 Å². The number of likely N-dealkylation sites (N-methyl/N-ethyl adjacent to an activating group) is 1. The monoisotopic (exact) mass is 292 g/mol. The van der Waals surface area contributed by atoms with Gasteiger partial charge in [-0.15, -0.1) is 11.3 Å². The van der Waals surface area contributed by atoms with Crippen molar-refractivity contribution in [3.8, 4) is 11.8 Å². The third-order valence-electron chi connectivity index (χ3n) is 3.68. The molecule has 0 radical (unpaired) electrons. The van der Waals surface area contributed by atoms with Crippen LogP contribution in [0.5, 0.6) is 0 Å². The van der Waals surface area contributed by atoms with Gasteiger partial charge in [0.15, 0.2) is 0 Å². The highest BCUT2D eigenvalue weighted by Crippen LogP contribution is 2.26. The summed E-state index contributed by atoms with van der Waals surface area (Å²) in [6, 6.07) is 2.03. The molecule has 108 valence electrons. The fraction of sp³-hybridized carbons (Fsp3) is 0.533. The summed E-state index contributed by atoms with van der Waals surface area (Å²) in [5, 5.41) is 10.7. The quantitative estimate of drug-likeness (QED) is 0.832. The van der Waals surface area contributed by atoms with Crippen LogP contribution in [0.4, 0.5) is 0 Å². The normalized spacial score (nSPS) is 18.8. The lowest BCUT2D eigenvalue weighted by molar-refractivity contribution is -0.147. The molecule has 4 nitrogen and oxygen atoms in total. The molecule has 0 bridgehead atoms. The molecular formula is C15H20N2O2S. The van der Waals surface area contributed by atoms with Gasteiger partial charge in [0.05, 0.1) is 5.54 Å². The molecule has 0 spiro atoms. The lowest BCUT2D eigenvalue weighted by atomic mass is 9.98. The lowest BCUT2D eigenvalue weighted by Crippen LogP contribution is -2.61. The van der Waals surface area contributed by atoms with Crippen molar-refractivity contribution in [2.45, 2.75) is 25.9 Å². The Kier molecular flexibility index (Phi) is 4.48. The third kappa shape index (κ3) is 3.04. The summed E-state index contributed by atoms with van der Waals surface area (Å²) < 4.78 is 0. The number of amides is 1. The molecule has 1 aliphatic heterocycles. The van der Waals surface area contributed by atoms with E-state index in [9.17, 15) is 4.79 Å². The van der Waals surface area contributed by atoms with E-state index in [2.05, 4.69) is 16.7 Å². The van der Waals surface area contributed by atoms with Crippen LogP contribution in [0.1, 0.15) is 24.3 Å². The van der Waals surface area contributed by atoms with Gasteiger partial charge in [-0.05, 0) is 19.9 Å². The average molecular weight is 292 g/mol. The topological polar surface area (TPSA) is 43.8 Å². The van der Waals surface area contributed by atoms with Crippen molar-refractivity contribution in [3.63, 3.8) is 0 Å². The molecule has 1 saturated heterocycles. The summed E-state index contributed by atoms with van der Waals surface area (Å²) in [7, 11) is 1.86. The Morgan fingerprint density at radius 2 is 2.20 bits per heavy atom. The number of aliphatic hydroxyl groups is 1. The van der Waals surface area contributed by atoms with Crippen molar-refractivity contribution in [2.75, 3.05) is 26.7 Å². The smallest absolute Gasteiger partial charge is 0.242 e. The summed E-state index contributed by atoms with van der Waals surface area (Å²) in [4.78, 5) is 17.4. The molecule has 2 rings (SSSR count). The lowest BCUT2D eigenvalue weighted by Gasteiger charge is -2.44. The number of rotatable bonds is 2. The van der Waals surface area contributed by atoms with Crippen molar-refractivity contribution in [2.24, 2.45) is 0 Å². The van der Waals surface area contributed by atoms with Gasteiger partial charge >= 0.3 is 0 Å². The molecule has 1 fully saturated rings. The molecule has 1 amide bonds. The molecule has 20 heavy (non-hydrogen) atoms. The zero-order valence-electron chi connectivity index (χ0n) is 12.1. The van der Waals surface area contributed by atoms with E-state index in [1.807, 2.05) is 32.3 Å². The van der Waals surface area contributed by atoms with Crippen LogP contribution in [0.2, 0.25) is 0 Å². The van der Waals surface area contributed by atoms with E-state index in [1.54, 1.807) is 16.2 Å². The number of carbonyl (C=O) groups is 1. The summed E-state index contributed by atoms with van der Waals surface area (Å²) in [6.07, 6.45) is 0. The number of carbonyl (C=O) groups excluding carboxylic acids is 1. The van der Waals surface area contributed by atoms with E-state index in [-0.39, 0.29) is 12.5 Å². The van der Waals surface area contributed by atoms with Crippen LogP contribution in [0.15, 0.2) is 11.4 Å². The van der Waals surface area contributed by atoms with Gasteiger partial charge in [0.2, 0.25) is 5.91 Å². The van der Waals surface area contributed by atoms with E-state index < -0.39 is 5.54 Å². The Hall–Kier alpha value is -1.35. The Morgan fingerprint density at radius 3 is 2.90 bits per heavy atom. The molecule has 1 aromatic heterocycles. The Bertz CT molecular complexity index is 554. The maximum absolute atomic E-state index is 12.2. The second kappa shape index (κ2) is 5.96. The van der Waals surface area contributed by atoms with Crippen LogP contribution in [-0.2, 0) is 11.3 Å². The molecule has 1 N–H and O–H groups in total. The van der Waals surface area contributed by atoms with Crippen molar-refractivity contribution < 1.29 is 9.90 Å². The van der Waals surface area contributed by atoms with Crippen molar-refractivity contribution >= 4 is 17.2 Å². The van der Waals surface area contributed by atoms with Crippen LogP contribution >= 0.6 is 11.3 Å². The molecule has 1 aromatic rings. The highest BCUT2D eigenvalue weighted by atomic mass is 32.1. The third-order valence-corrected chi connectivity index (χ3v) is 4.60. The molecular weight excluding hydrogens is 272 g/mol. The van der Waals surface area contributed by atoms with E-state index >= 15 is 0 Å². The molecule has 1 aliphatic rings. The van der Waals surface area contributed by atoms with Gasteiger partial charge in [-0.2, -0.15) is 0 Å². The number of aliphatic hydroxyl groups excluding tert-OH is 1. The zero-order valence-corrected chi connectivity index (χ0v) is 13.0. The van der Waals surface area contributed by atoms with Crippen molar-refractivity contribution in [1.82, 2.24) is 9.80 Å². The van der Waals surface area contributed by atoms with Crippen LogP contribution in [0, 0.1) is 11.8 Å². The number of hydrogen-bond donors (Lipinski definition) is 1. The predicted octanol–water partition coefficient (Wildman–Crippen LogP) is 1.14. The van der Waals surface area contributed by atoms with Gasteiger partial charge < -0.3 is 10.0 Å². The van der Waals surface area contributed by atoms with Crippen LogP contribution < -0.4 is 0 Å². The first-order valence-electron chi connectivity index (χ1n) is 6.63. The van der Waals surface area contributed by atoms with E-state index in [1.165, 1.54) is 4.88 Å². The predicted molar refractivity (Wildman–Crippen MR) is 80.4 cm³/mol. The summed E-state index contributed by atoms with van der Waals surface area (Å²) >= 11 is 1.65. The molecule has 0 atom stereocenters. The van der Waals surface area contributed by atoms with Gasteiger partial charge in [0.1, 0.15) is 6.61 Å². The van der Waals surface area contributed by atoms with Gasteiger partial charge in [0, 0.05) is 42.5 Å². The Labute approximate surface area is 124 Å². The minimum Gasteiger partial charge on any atom is -0.384 e. The summed E-state index contributed by atoms with van der Waals surface area (Å²) in [6.45, 7) is 6.25. The first-order valence-corrected chi connectivity index (χ1v) is 7.51. The van der Waals surface area contributed by atoms with Gasteiger partial charge in [-0.25, -0.2) is 0 Å². The molecule has 0 aliphatic carbocycles. The number of hydrogen-bond acceptors (Lipinski definition) is 4. The first kappa shape index (κ1) is 15.0. The SMILES string of the molecule is CN1CCN(Cc2cc(C#CCO)cs2)C(C)(C)C1=O. The highest BCUT2D eigenvalue weighted by Gasteiger charge is 2.40. The average Bonchev–Trinajstić information content (AvgIpc) is 2.85. The highest BCUT2D eigenvalue weighted by molar-refractivity contribution is 7.10. The zero-order chi connectivity index (χ0) is 14.8. The summed E-state index contributed by atoms with van der Waals surface area (Å²) in [5.41, 5.74) is 0.464. The van der Waals surface area contributed by atoms with Gasteiger partial charge in [-0.3, -0.25) is 9.69 Å². The Morgan fingerprint density at radius 1 is 1.45 bits per heavy atom. The van der Waals surface area contributed by atoms with Crippen molar-refractivity contribution in [1.29, 1.82) is 0 Å². The molecule has 5 heteroatoms. The maximum atomic E-state index is 12.2. The van der Waals surface area contributed by atoms with Gasteiger partial charge in [0.25, 0.3) is 0 Å².